The monoisotopic (exact) mass is 281 g/mol. The van der Waals surface area contributed by atoms with Crippen LogP contribution in [0.25, 0.3) is 5.69 Å². The van der Waals surface area contributed by atoms with E-state index >= 15 is 0 Å². The molecule has 0 atom stereocenters. The van der Waals surface area contributed by atoms with E-state index in [4.69, 9.17) is 10.9 Å². The van der Waals surface area contributed by atoms with Crippen molar-refractivity contribution < 1.29 is 13.2 Å². The van der Waals surface area contributed by atoms with Crippen LogP contribution in [-0.2, 0) is 10.0 Å². The van der Waals surface area contributed by atoms with E-state index < -0.39 is 16.1 Å². The lowest BCUT2D eigenvalue weighted by Crippen LogP contribution is -2.18. The van der Waals surface area contributed by atoms with Gasteiger partial charge in [0.05, 0.1) is 28.7 Å². The predicted molar refractivity (Wildman–Crippen MR) is 68.1 cm³/mol. The van der Waals surface area contributed by atoms with Crippen molar-refractivity contribution in [2.75, 3.05) is 5.32 Å². The van der Waals surface area contributed by atoms with E-state index in [0.29, 0.717) is 11.4 Å². The number of anilines is 1. The van der Waals surface area contributed by atoms with Crippen LogP contribution in [0.2, 0.25) is 0 Å². The second-order valence-electron chi connectivity index (χ2n) is 3.70. The molecule has 2 amide bonds. The Hall–Kier alpha value is -2.39. The van der Waals surface area contributed by atoms with Crippen molar-refractivity contribution in [1.29, 1.82) is 0 Å². The van der Waals surface area contributed by atoms with Crippen LogP contribution in [0.15, 0.2) is 41.6 Å². The summed E-state index contributed by atoms with van der Waals surface area (Å²) in [5.74, 6) is 0. The van der Waals surface area contributed by atoms with Crippen molar-refractivity contribution >= 4 is 21.7 Å². The Bertz CT molecular complexity index is 705. The zero-order chi connectivity index (χ0) is 14.0. The Morgan fingerprint density at radius 2 is 1.89 bits per heavy atom. The second-order valence-corrected chi connectivity index (χ2v) is 5.26. The highest BCUT2D eigenvalue weighted by atomic mass is 32.2. The number of nitrogens with two attached hydrogens (primary N) is 2. The van der Waals surface area contributed by atoms with E-state index in [1.54, 1.807) is 12.1 Å². The van der Waals surface area contributed by atoms with Crippen molar-refractivity contribution in [2.45, 2.75) is 4.90 Å². The van der Waals surface area contributed by atoms with Gasteiger partial charge in [0.15, 0.2) is 0 Å². The summed E-state index contributed by atoms with van der Waals surface area (Å²) in [5.41, 5.74) is 6.02. The highest BCUT2D eigenvalue weighted by Crippen LogP contribution is 2.14. The van der Waals surface area contributed by atoms with Gasteiger partial charge in [-0.2, -0.15) is 5.10 Å². The van der Waals surface area contributed by atoms with Gasteiger partial charge in [-0.15, -0.1) is 0 Å². The summed E-state index contributed by atoms with van der Waals surface area (Å²) in [7, 11) is -3.72. The van der Waals surface area contributed by atoms with E-state index in [1.807, 2.05) is 0 Å². The van der Waals surface area contributed by atoms with Gasteiger partial charge >= 0.3 is 6.03 Å². The molecule has 1 heterocycles. The molecule has 0 saturated carbocycles. The molecule has 0 aliphatic heterocycles. The standard InChI is InChI=1S/C10H11N5O3S/c11-10(16)14-7-5-13-15(6-7)8-1-3-9(4-2-8)19(12,17)18/h1-6H,(H3,11,14,16)(H2,12,17,18). The molecule has 9 heteroatoms. The van der Waals surface area contributed by atoms with Crippen molar-refractivity contribution in [2.24, 2.45) is 10.9 Å². The Morgan fingerprint density at radius 3 is 2.42 bits per heavy atom. The minimum absolute atomic E-state index is 0.0129. The summed E-state index contributed by atoms with van der Waals surface area (Å²) in [6.45, 7) is 0. The van der Waals surface area contributed by atoms with E-state index in [0.717, 1.165) is 0 Å². The van der Waals surface area contributed by atoms with Gasteiger partial charge in [-0.1, -0.05) is 0 Å². The number of hydrogen-bond acceptors (Lipinski definition) is 4. The lowest BCUT2D eigenvalue weighted by Gasteiger charge is -2.02. The first-order valence-electron chi connectivity index (χ1n) is 5.10. The molecule has 5 N–H and O–H groups in total. The molecule has 100 valence electrons. The topological polar surface area (TPSA) is 133 Å². The van der Waals surface area contributed by atoms with Crippen LogP contribution in [0.5, 0.6) is 0 Å². The van der Waals surface area contributed by atoms with Crippen LogP contribution >= 0.6 is 0 Å². The van der Waals surface area contributed by atoms with E-state index in [1.165, 1.54) is 29.2 Å². The van der Waals surface area contributed by atoms with Crippen LogP contribution < -0.4 is 16.2 Å². The zero-order valence-electron chi connectivity index (χ0n) is 9.65. The number of rotatable bonds is 3. The van der Waals surface area contributed by atoms with Crippen LogP contribution in [0.4, 0.5) is 10.5 Å². The average Bonchev–Trinajstić information content (AvgIpc) is 2.75. The third-order valence-electron chi connectivity index (χ3n) is 2.28. The maximum Gasteiger partial charge on any atom is 0.316 e. The molecule has 2 aromatic rings. The van der Waals surface area contributed by atoms with Crippen LogP contribution in [-0.4, -0.2) is 24.2 Å². The molecule has 0 fully saturated rings. The van der Waals surface area contributed by atoms with Gasteiger partial charge in [-0.3, -0.25) is 0 Å². The lowest BCUT2D eigenvalue weighted by molar-refractivity contribution is 0.259. The van der Waals surface area contributed by atoms with Gasteiger partial charge in [0.25, 0.3) is 0 Å². The number of carbonyl (C=O) groups is 1. The normalized spacial score (nSPS) is 11.2. The highest BCUT2D eigenvalue weighted by Gasteiger charge is 2.08. The zero-order valence-corrected chi connectivity index (χ0v) is 10.5. The van der Waals surface area contributed by atoms with Crippen molar-refractivity contribution in [3.8, 4) is 5.69 Å². The summed E-state index contributed by atoms with van der Waals surface area (Å²) < 4.78 is 23.7. The number of carbonyl (C=O) groups excluding carboxylic acids is 1. The van der Waals surface area contributed by atoms with Crippen LogP contribution in [0, 0.1) is 0 Å². The maximum absolute atomic E-state index is 11.1. The molecule has 1 aromatic carbocycles. The fraction of sp³-hybridized carbons (Fsp3) is 0. The number of nitrogens with zero attached hydrogens (tertiary/aromatic N) is 2. The van der Waals surface area contributed by atoms with Crippen LogP contribution in [0.3, 0.4) is 0 Å². The third-order valence-corrected chi connectivity index (χ3v) is 3.21. The van der Waals surface area contributed by atoms with Gasteiger partial charge in [0.2, 0.25) is 10.0 Å². The summed E-state index contributed by atoms with van der Waals surface area (Å²) in [5, 5.41) is 11.4. The molecule has 0 aliphatic carbocycles. The molecular formula is C10H11N5O3S. The number of urea groups is 1. The lowest BCUT2D eigenvalue weighted by atomic mass is 10.3. The molecule has 19 heavy (non-hydrogen) atoms. The first-order valence-corrected chi connectivity index (χ1v) is 6.65. The van der Waals surface area contributed by atoms with E-state index in [9.17, 15) is 13.2 Å². The van der Waals surface area contributed by atoms with Gasteiger partial charge < -0.3 is 11.1 Å². The van der Waals surface area contributed by atoms with Crippen molar-refractivity contribution in [3.05, 3.63) is 36.7 Å². The Kier molecular flexibility index (Phi) is 3.23. The number of benzene rings is 1. The third kappa shape index (κ3) is 3.09. The number of amides is 2. The first kappa shape index (κ1) is 13.1. The summed E-state index contributed by atoms with van der Waals surface area (Å²) in [6, 6.07) is 5.13. The summed E-state index contributed by atoms with van der Waals surface area (Å²) in [6.07, 6.45) is 2.95. The summed E-state index contributed by atoms with van der Waals surface area (Å²) >= 11 is 0. The van der Waals surface area contributed by atoms with Gasteiger partial charge in [-0.25, -0.2) is 23.0 Å². The fourth-order valence-electron chi connectivity index (χ4n) is 1.46. The Labute approximate surface area is 109 Å². The first-order chi connectivity index (χ1) is 8.86. The molecular weight excluding hydrogens is 270 g/mol. The average molecular weight is 281 g/mol. The van der Waals surface area contributed by atoms with Crippen LogP contribution in [0.1, 0.15) is 0 Å². The minimum Gasteiger partial charge on any atom is -0.351 e. The van der Waals surface area contributed by atoms with Crippen molar-refractivity contribution in [1.82, 2.24) is 9.78 Å². The molecule has 0 unspecified atom stereocenters. The number of primary amides is 1. The molecule has 0 spiro atoms. The molecule has 2 rings (SSSR count). The van der Waals surface area contributed by atoms with Gasteiger partial charge in [-0.05, 0) is 24.3 Å². The molecule has 1 aromatic heterocycles. The highest BCUT2D eigenvalue weighted by molar-refractivity contribution is 7.89. The Morgan fingerprint density at radius 1 is 1.26 bits per heavy atom. The largest absolute Gasteiger partial charge is 0.351 e. The quantitative estimate of drug-likeness (QED) is 0.730. The molecule has 0 radical (unpaired) electrons. The fourth-order valence-corrected chi connectivity index (χ4v) is 1.97. The molecule has 0 saturated heterocycles. The molecule has 0 aliphatic rings. The number of nitrogens with one attached hydrogen (secondary N) is 1. The number of aromatic nitrogens is 2. The maximum atomic E-state index is 11.1. The van der Waals surface area contributed by atoms with E-state index in [-0.39, 0.29) is 4.90 Å². The molecule has 8 nitrogen and oxygen atoms in total. The number of hydrogen-bond donors (Lipinski definition) is 3. The Balaban J connectivity index is 2.27. The SMILES string of the molecule is NC(=O)Nc1cnn(-c2ccc(S(N)(=O)=O)cc2)c1. The second kappa shape index (κ2) is 4.71. The predicted octanol–water partition coefficient (Wildman–Crippen LogP) is 0.0103. The van der Waals surface area contributed by atoms with Gasteiger partial charge in [0, 0.05) is 0 Å². The van der Waals surface area contributed by atoms with E-state index in [2.05, 4.69) is 10.4 Å². The van der Waals surface area contributed by atoms with Crippen molar-refractivity contribution in [3.63, 3.8) is 0 Å². The molecule has 0 bridgehead atoms. The summed E-state index contributed by atoms with van der Waals surface area (Å²) in [4.78, 5) is 10.7. The smallest absolute Gasteiger partial charge is 0.316 e. The minimum atomic E-state index is -3.72. The van der Waals surface area contributed by atoms with Gasteiger partial charge in [0.1, 0.15) is 0 Å². The number of primary sulfonamides is 1. The number of sulfonamides is 1.